The van der Waals surface area contributed by atoms with E-state index in [4.69, 9.17) is 14.2 Å². The number of methoxy groups -OCH3 is 1. The molecule has 0 aliphatic carbocycles. The number of allylic oxidation sites excluding steroid dienone is 1. The van der Waals surface area contributed by atoms with Crippen LogP contribution in [0.15, 0.2) is 76.2 Å². The fourth-order valence-corrected chi connectivity index (χ4v) is 5.36. The number of carbonyl (C=O) groups is 1. The number of ether oxygens (including phenoxy) is 3. The predicted octanol–water partition coefficient (Wildman–Crippen LogP) is 4.06. The number of benzene rings is 2. The molecular formula is C29H29N3O7S. The number of nitro benzene ring substituents is 1. The molecule has 1 aliphatic rings. The number of carbonyl (C=O) groups excluding carboxylic acids is 1. The molecule has 3 aromatic rings. The van der Waals surface area contributed by atoms with Gasteiger partial charge in [-0.1, -0.05) is 55.5 Å². The Labute approximate surface area is 234 Å². The first-order valence-electron chi connectivity index (χ1n) is 12.6. The van der Waals surface area contributed by atoms with Crippen LogP contribution >= 0.6 is 11.3 Å². The van der Waals surface area contributed by atoms with Crippen molar-refractivity contribution in [1.82, 2.24) is 4.57 Å². The number of para-hydroxylation sites is 1. The number of aromatic nitrogens is 1. The highest BCUT2D eigenvalue weighted by Gasteiger charge is 2.34. The Morgan fingerprint density at radius 2 is 2.02 bits per heavy atom. The molecule has 11 heteroatoms. The molecule has 0 bridgehead atoms. The number of unbranched alkanes of at least 4 members (excludes halogenated alkanes) is 1. The molecule has 4 rings (SSSR count). The third-order valence-electron chi connectivity index (χ3n) is 6.25. The summed E-state index contributed by atoms with van der Waals surface area (Å²) >= 11 is 1.08. The van der Waals surface area contributed by atoms with Gasteiger partial charge in [0.25, 0.3) is 11.2 Å². The highest BCUT2D eigenvalue weighted by molar-refractivity contribution is 7.07. The highest BCUT2D eigenvalue weighted by Crippen LogP contribution is 2.36. The molecule has 1 aliphatic heterocycles. The number of esters is 1. The fourth-order valence-electron chi connectivity index (χ4n) is 4.33. The van der Waals surface area contributed by atoms with Crippen molar-refractivity contribution in [3.05, 3.63) is 107 Å². The molecule has 40 heavy (non-hydrogen) atoms. The maximum atomic E-state index is 13.8. The Bertz CT molecular complexity index is 1670. The van der Waals surface area contributed by atoms with Crippen LogP contribution in [0, 0.1) is 10.1 Å². The van der Waals surface area contributed by atoms with Crippen LogP contribution in [-0.2, 0) is 9.53 Å². The van der Waals surface area contributed by atoms with Crippen LogP contribution in [0.3, 0.4) is 0 Å². The van der Waals surface area contributed by atoms with E-state index in [-0.39, 0.29) is 28.0 Å². The Kier molecular flexibility index (Phi) is 8.95. The van der Waals surface area contributed by atoms with Crippen LogP contribution in [0.2, 0.25) is 0 Å². The van der Waals surface area contributed by atoms with Crippen LogP contribution in [0.25, 0.3) is 6.08 Å². The van der Waals surface area contributed by atoms with Gasteiger partial charge in [0.05, 0.1) is 46.0 Å². The van der Waals surface area contributed by atoms with Gasteiger partial charge >= 0.3 is 5.97 Å². The number of rotatable bonds is 11. The summed E-state index contributed by atoms with van der Waals surface area (Å²) < 4.78 is 18.5. The van der Waals surface area contributed by atoms with Gasteiger partial charge in [0, 0.05) is 6.07 Å². The molecule has 10 nitrogen and oxygen atoms in total. The van der Waals surface area contributed by atoms with E-state index in [1.54, 1.807) is 43.3 Å². The summed E-state index contributed by atoms with van der Waals surface area (Å²) in [5.41, 5.74) is 0.866. The van der Waals surface area contributed by atoms with Gasteiger partial charge in [-0.05, 0) is 43.2 Å². The van der Waals surface area contributed by atoms with E-state index in [0.717, 1.165) is 24.2 Å². The Balaban J connectivity index is 1.92. The summed E-state index contributed by atoms with van der Waals surface area (Å²) in [6.07, 6.45) is 4.78. The number of hydrogen-bond donors (Lipinski definition) is 0. The summed E-state index contributed by atoms with van der Waals surface area (Å²) in [6.45, 7) is 7.84. The first kappa shape index (κ1) is 28.5. The topological polar surface area (TPSA) is 122 Å². The molecule has 2 heterocycles. The Morgan fingerprint density at radius 1 is 1.25 bits per heavy atom. The second-order valence-electron chi connectivity index (χ2n) is 8.90. The maximum absolute atomic E-state index is 13.8. The van der Waals surface area contributed by atoms with Gasteiger partial charge in [-0.25, -0.2) is 9.79 Å². The smallest absolute Gasteiger partial charge is 0.338 e. The quantitative estimate of drug-likeness (QED) is 0.113. The Morgan fingerprint density at radius 3 is 2.73 bits per heavy atom. The average Bonchev–Trinajstić information content (AvgIpc) is 3.25. The van der Waals surface area contributed by atoms with Crippen molar-refractivity contribution >= 4 is 29.1 Å². The summed E-state index contributed by atoms with van der Waals surface area (Å²) in [5.74, 6) is 0.352. The highest BCUT2D eigenvalue weighted by atomic mass is 32.1. The predicted molar refractivity (Wildman–Crippen MR) is 151 cm³/mol. The normalized spacial score (nSPS) is 14.8. The molecule has 0 spiro atoms. The van der Waals surface area contributed by atoms with Crippen molar-refractivity contribution in [2.24, 2.45) is 4.99 Å². The van der Waals surface area contributed by atoms with Crippen LogP contribution in [0.5, 0.6) is 11.5 Å². The molecule has 1 atom stereocenters. The molecule has 2 aromatic carbocycles. The largest absolute Gasteiger partial charge is 0.493 e. The minimum absolute atomic E-state index is 0.0159. The van der Waals surface area contributed by atoms with Crippen LogP contribution < -0.4 is 24.4 Å². The van der Waals surface area contributed by atoms with Crippen molar-refractivity contribution in [3.63, 3.8) is 0 Å². The van der Waals surface area contributed by atoms with E-state index in [1.165, 1.54) is 29.9 Å². The number of fused-ring (bicyclic) bond motifs is 1. The lowest BCUT2D eigenvalue weighted by Gasteiger charge is -2.25. The zero-order valence-electron chi connectivity index (χ0n) is 22.4. The zero-order chi connectivity index (χ0) is 28.8. The van der Waals surface area contributed by atoms with Crippen molar-refractivity contribution in [2.75, 3.05) is 20.3 Å². The number of hydrogen-bond acceptors (Lipinski definition) is 9. The molecule has 0 radical (unpaired) electrons. The summed E-state index contributed by atoms with van der Waals surface area (Å²) in [6, 6.07) is 10.5. The average molecular weight is 564 g/mol. The van der Waals surface area contributed by atoms with Crippen molar-refractivity contribution in [1.29, 1.82) is 0 Å². The van der Waals surface area contributed by atoms with Gasteiger partial charge in [-0.3, -0.25) is 19.5 Å². The van der Waals surface area contributed by atoms with Gasteiger partial charge in [0.2, 0.25) is 0 Å². The van der Waals surface area contributed by atoms with Gasteiger partial charge < -0.3 is 14.2 Å². The standard InChI is InChI=1S/C29H29N3O7S/c1-5-7-15-38-22-13-12-20(16-23(22)37-4)26-25(28(34)39-14-6-2)18(3)30-29-31(26)27(33)24(40-29)17-19-10-8-9-11-21(19)32(35)36/h6,8-13,16-17,26H,2,5,7,14-15H2,1,3-4H3. The van der Waals surface area contributed by atoms with E-state index in [9.17, 15) is 19.7 Å². The molecular weight excluding hydrogens is 534 g/mol. The second-order valence-corrected chi connectivity index (χ2v) is 9.91. The second kappa shape index (κ2) is 12.6. The molecule has 208 valence electrons. The van der Waals surface area contributed by atoms with Gasteiger partial charge in [-0.15, -0.1) is 0 Å². The van der Waals surface area contributed by atoms with E-state index in [2.05, 4.69) is 18.5 Å². The number of thiazole rings is 1. The monoisotopic (exact) mass is 563 g/mol. The molecule has 0 amide bonds. The molecule has 0 saturated heterocycles. The van der Waals surface area contributed by atoms with Crippen molar-refractivity contribution in [2.45, 2.75) is 32.7 Å². The van der Waals surface area contributed by atoms with Crippen LogP contribution in [-0.4, -0.2) is 35.8 Å². The first-order chi connectivity index (χ1) is 19.3. The molecule has 1 aromatic heterocycles. The minimum atomic E-state index is -0.889. The first-order valence-corrected chi connectivity index (χ1v) is 13.5. The molecule has 0 fully saturated rings. The zero-order valence-corrected chi connectivity index (χ0v) is 23.2. The number of nitro groups is 1. The van der Waals surface area contributed by atoms with Crippen LogP contribution in [0.1, 0.15) is 43.9 Å². The lowest BCUT2D eigenvalue weighted by Crippen LogP contribution is -2.40. The Hall–Kier alpha value is -4.51. The third-order valence-corrected chi connectivity index (χ3v) is 7.24. The summed E-state index contributed by atoms with van der Waals surface area (Å²) in [5, 5.41) is 11.5. The summed E-state index contributed by atoms with van der Waals surface area (Å²) in [7, 11) is 1.52. The van der Waals surface area contributed by atoms with Crippen molar-refractivity contribution in [3.8, 4) is 11.5 Å². The van der Waals surface area contributed by atoms with E-state index < -0.39 is 22.5 Å². The van der Waals surface area contributed by atoms with E-state index >= 15 is 0 Å². The van der Waals surface area contributed by atoms with Gasteiger partial charge in [-0.2, -0.15) is 0 Å². The van der Waals surface area contributed by atoms with Gasteiger partial charge in [0.15, 0.2) is 16.3 Å². The fraction of sp³-hybridized carbons (Fsp3) is 0.276. The van der Waals surface area contributed by atoms with E-state index in [1.807, 2.05) is 0 Å². The number of nitrogens with zero attached hydrogens (tertiary/aromatic N) is 3. The lowest BCUT2D eigenvalue weighted by molar-refractivity contribution is -0.385. The molecule has 0 N–H and O–H groups in total. The van der Waals surface area contributed by atoms with Crippen LogP contribution in [0.4, 0.5) is 5.69 Å². The molecule has 1 unspecified atom stereocenters. The van der Waals surface area contributed by atoms with Crippen molar-refractivity contribution < 1.29 is 23.9 Å². The maximum Gasteiger partial charge on any atom is 0.338 e. The molecule has 0 saturated carbocycles. The van der Waals surface area contributed by atoms with Gasteiger partial charge in [0.1, 0.15) is 6.61 Å². The SMILES string of the molecule is C=CCOC(=O)C1=C(C)N=c2sc(=Cc3ccccc3[N+](=O)[O-])c(=O)n2C1c1ccc(OCCCC)c(OC)c1. The third kappa shape index (κ3) is 5.74. The summed E-state index contributed by atoms with van der Waals surface area (Å²) in [4.78, 5) is 43.0. The van der Waals surface area contributed by atoms with E-state index in [0.29, 0.717) is 34.2 Å². The lowest BCUT2D eigenvalue weighted by atomic mass is 9.95. The minimum Gasteiger partial charge on any atom is -0.493 e.